The van der Waals surface area contributed by atoms with Gasteiger partial charge in [0.1, 0.15) is 17.6 Å². The van der Waals surface area contributed by atoms with E-state index in [1.54, 1.807) is 14.2 Å². The Morgan fingerprint density at radius 1 is 1.19 bits per heavy atom. The highest BCUT2D eigenvalue weighted by Crippen LogP contribution is 2.26. The maximum Gasteiger partial charge on any atom is 0.242 e. The van der Waals surface area contributed by atoms with E-state index in [0.717, 1.165) is 17.0 Å². The van der Waals surface area contributed by atoms with Crippen molar-refractivity contribution in [3.63, 3.8) is 0 Å². The summed E-state index contributed by atoms with van der Waals surface area (Å²) in [5, 5.41) is 0. The van der Waals surface area contributed by atoms with Crippen molar-refractivity contribution >= 4 is 23.4 Å². The zero-order chi connectivity index (χ0) is 15.0. The van der Waals surface area contributed by atoms with Crippen molar-refractivity contribution < 1.29 is 9.47 Å². The Labute approximate surface area is 126 Å². The number of nitrogens with one attached hydrogen (secondary N) is 1. The Morgan fingerprint density at radius 2 is 2.00 bits per heavy atom. The summed E-state index contributed by atoms with van der Waals surface area (Å²) < 4.78 is 12.9. The van der Waals surface area contributed by atoms with E-state index in [1.165, 1.54) is 6.33 Å². The zero-order valence-corrected chi connectivity index (χ0v) is 12.7. The number of hydrogen-bond acceptors (Lipinski definition) is 5. The lowest BCUT2D eigenvalue weighted by molar-refractivity contribution is 0.401. The minimum atomic E-state index is 0.469. The largest absolute Gasteiger partial charge is 0.497 e. The highest BCUT2D eigenvalue weighted by atomic mass is 32.1. The van der Waals surface area contributed by atoms with Gasteiger partial charge in [0, 0.05) is 0 Å². The van der Waals surface area contributed by atoms with Crippen molar-refractivity contribution in [3.05, 3.63) is 34.9 Å². The fraction of sp³-hybridized carbons (Fsp3) is 0.214. The molecule has 0 aliphatic heterocycles. The quantitative estimate of drug-likeness (QED) is 0.754. The second kappa shape index (κ2) is 5.17. The molecule has 1 aromatic carbocycles. The molecule has 3 aromatic rings. The summed E-state index contributed by atoms with van der Waals surface area (Å²) in [6.07, 6.45) is 1.46. The van der Waals surface area contributed by atoms with E-state index < -0.39 is 0 Å². The number of H-pyrrole nitrogens is 1. The lowest BCUT2D eigenvalue weighted by atomic mass is 10.2. The van der Waals surface area contributed by atoms with Crippen LogP contribution in [0, 0.1) is 11.7 Å². The molecule has 0 saturated heterocycles. The number of imidazole rings is 1. The predicted octanol–water partition coefficient (Wildman–Crippen LogP) is 2.80. The average molecular weight is 302 g/mol. The highest BCUT2D eigenvalue weighted by Gasteiger charge is 2.14. The van der Waals surface area contributed by atoms with Crippen LogP contribution in [0.1, 0.15) is 5.56 Å². The van der Waals surface area contributed by atoms with Crippen molar-refractivity contribution in [2.45, 2.75) is 6.92 Å². The number of nitrogens with zero attached hydrogens (tertiary/aromatic N) is 3. The number of rotatable bonds is 3. The molecule has 6 nitrogen and oxygen atoms in total. The van der Waals surface area contributed by atoms with Gasteiger partial charge in [0.15, 0.2) is 10.4 Å². The molecule has 7 heteroatoms. The van der Waals surface area contributed by atoms with Gasteiger partial charge in [-0.25, -0.2) is 4.98 Å². The first kappa shape index (κ1) is 13.6. The summed E-state index contributed by atoms with van der Waals surface area (Å²) in [6.45, 7) is 2.00. The molecule has 1 N–H and O–H groups in total. The Hall–Kier alpha value is -2.41. The number of aryl methyl sites for hydroxylation is 1. The normalized spacial score (nSPS) is 10.8. The van der Waals surface area contributed by atoms with Gasteiger partial charge < -0.3 is 14.5 Å². The van der Waals surface area contributed by atoms with Crippen LogP contribution < -0.4 is 9.47 Å². The lowest BCUT2D eigenvalue weighted by Gasteiger charge is -2.09. The maximum atomic E-state index is 5.42. The molecule has 0 saturated carbocycles. The molecular formula is C14H14N4O2S. The van der Waals surface area contributed by atoms with Gasteiger partial charge in [-0.15, -0.1) is 0 Å². The highest BCUT2D eigenvalue weighted by molar-refractivity contribution is 7.71. The summed E-state index contributed by atoms with van der Waals surface area (Å²) in [6, 6.07) is 5.79. The van der Waals surface area contributed by atoms with Gasteiger partial charge in [0.2, 0.25) is 5.88 Å². The molecule has 0 fully saturated rings. The fourth-order valence-corrected chi connectivity index (χ4v) is 2.57. The Balaban J connectivity index is 2.30. The van der Waals surface area contributed by atoms with Crippen molar-refractivity contribution in [2.75, 3.05) is 14.2 Å². The van der Waals surface area contributed by atoms with Crippen LogP contribution in [0.2, 0.25) is 0 Å². The van der Waals surface area contributed by atoms with Crippen LogP contribution in [0.25, 0.3) is 16.9 Å². The van der Waals surface area contributed by atoms with Crippen LogP contribution in [0.15, 0.2) is 24.5 Å². The van der Waals surface area contributed by atoms with Crippen LogP contribution in [0.4, 0.5) is 0 Å². The molecule has 0 aliphatic carbocycles. The van der Waals surface area contributed by atoms with Gasteiger partial charge in [0.25, 0.3) is 0 Å². The van der Waals surface area contributed by atoms with Crippen molar-refractivity contribution in [1.82, 2.24) is 19.5 Å². The lowest BCUT2D eigenvalue weighted by Crippen LogP contribution is -1.99. The van der Waals surface area contributed by atoms with Crippen LogP contribution >= 0.6 is 12.2 Å². The molecule has 0 bridgehead atoms. The van der Waals surface area contributed by atoms with Gasteiger partial charge in [0.05, 0.1) is 19.9 Å². The van der Waals surface area contributed by atoms with E-state index in [4.69, 9.17) is 21.7 Å². The molecule has 0 spiro atoms. The summed E-state index contributed by atoms with van der Waals surface area (Å²) in [7, 11) is 3.21. The van der Waals surface area contributed by atoms with E-state index in [-0.39, 0.29) is 0 Å². The Kier molecular flexibility index (Phi) is 3.34. The summed E-state index contributed by atoms with van der Waals surface area (Å²) in [5.41, 5.74) is 3.33. The van der Waals surface area contributed by atoms with Gasteiger partial charge in [-0.2, -0.15) is 4.98 Å². The first-order valence-corrected chi connectivity index (χ1v) is 6.71. The molecule has 0 aliphatic rings. The van der Waals surface area contributed by atoms with E-state index in [2.05, 4.69) is 15.0 Å². The number of aromatic nitrogens is 4. The molecular weight excluding hydrogens is 288 g/mol. The minimum Gasteiger partial charge on any atom is -0.497 e. The smallest absolute Gasteiger partial charge is 0.242 e. The fourth-order valence-electron chi connectivity index (χ4n) is 2.28. The van der Waals surface area contributed by atoms with Crippen molar-refractivity contribution in [2.24, 2.45) is 0 Å². The molecule has 0 amide bonds. The number of hydrogen-bond donors (Lipinski definition) is 1. The SMILES string of the molecule is COc1ccc(-n2c(=S)[nH]c3c(OC)ncnc32)c(C)c1. The molecule has 0 atom stereocenters. The third kappa shape index (κ3) is 2.15. The molecule has 0 radical (unpaired) electrons. The number of fused-ring (bicyclic) bond motifs is 1. The first-order chi connectivity index (χ1) is 10.2. The predicted molar refractivity (Wildman–Crippen MR) is 81.9 cm³/mol. The van der Waals surface area contributed by atoms with E-state index in [0.29, 0.717) is 21.8 Å². The van der Waals surface area contributed by atoms with Gasteiger partial charge >= 0.3 is 0 Å². The molecule has 0 unspecified atom stereocenters. The van der Waals surface area contributed by atoms with Crippen molar-refractivity contribution in [1.29, 1.82) is 0 Å². The third-order valence-corrected chi connectivity index (χ3v) is 3.56. The van der Waals surface area contributed by atoms with Gasteiger partial charge in [-0.05, 0) is 42.9 Å². The minimum absolute atomic E-state index is 0.469. The van der Waals surface area contributed by atoms with E-state index in [9.17, 15) is 0 Å². The van der Waals surface area contributed by atoms with Crippen LogP contribution in [-0.4, -0.2) is 33.7 Å². The summed E-state index contributed by atoms with van der Waals surface area (Å²) in [5.74, 6) is 1.27. The van der Waals surface area contributed by atoms with Crippen LogP contribution in [0.3, 0.4) is 0 Å². The number of ether oxygens (including phenoxy) is 2. The standard InChI is InChI=1S/C14H14N4O2S/c1-8-6-9(19-2)4-5-10(8)18-12-11(17-14(18)21)13(20-3)16-7-15-12/h4-7H,1-3H3,(H,17,21). The topological polar surface area (TPSA) is 65.0 Å². The molecule has 3 rings (SSSR count). The van der Waals surface area contributed by atoms with Crippen LogP contribution in [-0.2, 0) is 0 Å². The number of benzene rings is 1. The summed E-state index contributed by atoms with van der Waals surface area (Å²) in [4.78, 5) is 11.5. The van der Waals surface area contributed by atoms with Gasteiger partial charge in [-0.1, -0.05) is 0 Å². The first-order valence-electron chi connectivity index (χ1n) is 6.30. The van der Waals surface area contributed by atoms with Gasteiger partial charge in [-0.3, -0.25) is 4.57 Å². The summed E-state index contributed by atoms with van der Waals surface area (Å²) >= 11 is 5.42. The number of aromatic amines is 1. The zero-order valence-electron chi connectivity index (χ0n) is 11.9. The second-order valence-corrected chi connectivity index (χ2v) is 4.89. The number of methoxy groups -OCH3 is 2. The average Bonchev–Trinajstić information content (AvgIpc) is 2.83. The maximum absolute atomic E-state index is 5.42. The van der Waals surface area contributed by atoms with Crippen molar-refractivity contribution in [3.8, 4) is 17.3 Å². The van der Waals surface area contributed by atoms with Crippen LogP contribution in [0.5, 0.6) is 11.6 Å². The monoisotopic (exact) mass is 302 g/mol. The molecule has 2 heterocycles. The Bertz CT molecular complexity index is 869. The third-order valence-electron chi connectivity index (χ3n) is 3.28. The molecule has 108 valence electrons. The molecule has 2 aromatic heterocycles. The Morgan fingerprint density at radius 3 is 2.67 bits per heavy atom. The van der Waals surface area contributed by atoms with E-state index >= 15 is 0 Å². The second-order valence-electron chi connectivity index (χ2n) is 4.50. The molecule has 21 heavy (non-hydrogen) atoms. The van der Waals surface area contributed by atoms with E-state index in [1.807, 2.05) is 29.7 Å².